The lowest BCUT2D eigenvalue weighted by molar-refractivity contribution is -0.0440. The van der Waals surface area contributed by atoms with Crippen LogP contribution in [0.3, 0.4) is 0 Å². The summed E-state index contributed by atoms with van der Waals surface area (Å²) in [6.07, 6.45) is -0.319. The molecule has 2 aromatic carbocycles. The van der Waals surface area contributed by atoms with Gasteiger partial charge in [0.05, 0.1) is 26.0 Å². The van der Waals surface area contributed by atoms with Gasteiger partial charge in [0.2, 0.25) is 5.88 Å². The Morgan fingerprint density at radius 2 is 1.77 bits per heavy atom. The van der Waals surface area contributed by atoms with Crippen LogP contribution in [0, 0.1) is 0 Å². The second-order valence-corrected chi connectivity index (χ2v) is 6.91. The lowest BCUT2D eigenvalue weighted by Gasteiger charge is -2.21. The van der Waals surface area contributed by atoms with E-state index in [0.29, 0.717) is 38.1 Å². The SMILES string of the molecule is COc1nc(-c2cccc3c2OCCO3)ccc1Nc1cccc(C2OCCO2)c1. The normalized spacial score (nSPS) is 15.8. The maximum atomic E-state index is 5.83. The highest BCUT2D eigenvalue weighted by Crippen LogP contribution is 2.40. The zero-order chi connectivity index (χ0) is 20.3. The van der Waals surface area contributed by atoms with Crippen LogP contribution in [0.5, 0.6) is 17.4 Å². The van der Waals surface area contributed by atoms with E-state index in [-0.39, 0.29) is 6.29 Å². The summed E-state index contributed by atoms with van der Waals surface area (Å²) >= 11 is 0. The fourth-order valence-electron chi connectivity index (χ4n) is 3.59. The molecular formula is C23H22N2O5. The maximum absolute atomic E-state index is 5.83. The molecule has 2 aliphatic heterocycles. The Labute approximate surface area is 174 Å². The Morgan fingerprint density at radius 1 is 0.933 bits per heavy atom. The molecule has 0 unspecified atom stereocenters. The predicted octanol–water partition coefficient (Wildman–Crippen LogP) is 4.32. The van der Waals surface area contributed by atoms with Crippen LogP contribution in [-0.4, -0.2) is 38.5 Å². The molecule has 5 rings (SSSR count). The van der Waals surface area contributed by atoms with Crippen LogP contribution in [0.2, 0.25) is 0 Å². The number of hydrogen-bond donors (Lipinski definition) is 1. The largest absolute Gasteiger partial charge is 0.486 e. The number of nitrogens with zero attached hydrogens (tertiary/aromatic N) is 1. The molecule has 0 spiro atoms. The first-order chi connectivity index (χ1) is 14.8. The number of rotatable bonds is 5. The highest BCUT2D eigenvalue weighted by Gasteiger charge is 2.20. The summed E-state index contributed by atoms with van der Waals surface area (Å²) in [7, 11) is 1.61. The lowest BCUT2D eigenvalue weighted by atomic mass is 10.1. The molecule has 0 amide bonds. The van der Waals surface area contributed by atoms with Crippen molar-refractivity contribution in [3.63, 3.8) is 0 Å². The van der Waals surface area contributed by atoms with Crippen molar-refractivity contribution in [2.45, 2.75) is 6.29 Å². The molecule has 3 aromatic rings. The molecular weight excluding hydrogens is 384 g/mol. The minimum absolute atomic E-state index is 0.319. The number of para-hydroxylation sites is 1. The summed E-state index contributed by atoms with van der Waals surface area (Å²) in [6.45, 7) is 2.29. The Morgan fingerprint density at radius 3 is 2.63 bits per heavy atom. The van der Waals surface area contributed by atoms with E-state index in [4.69, 9.17) is 28.7 Å². The number of aromatic nitrogens is 1. The van der Waals surface area contributed by atoms with Crippen LogP contribution in [0.25, 0.3) is 11.3 Å². The van der Waals surface area contributed by atoms with Crippen molar-refractivity contribution in [1.29, 1.82) is 0 Å². The van der Waals surface area contributed by atoms with E-state index in [1.54, 1.807) is 7.11 Å². The lowest BCUT2D eigenvalue weighted by Crippen LogP contribution is -2.16. The van der Waals surface area contributed by atoms with E-state index in [0.717, 1.165) is 33.9 Å². The van der Waals surface area contributed by atoms with E-state index in [2.05, 4.69) is 5.32 Å². The summed E-state index contributed by atoms with van der Waals surface area (Å²) in [4.78, 5) is 4.70. The number of methoxy groups -OCH3 is 1. The molecule has 1 N–H and O–H groups in total. The van der Waals surface area contributed by atoms with E-state index in [9.17, 15) is 0 Å². The number of anilines is 2. The van der Waals surface area contributed by atoms with Crippen molar-refractivity contribution >= 4 is 11.4 Å². The molecule has 1 fully saturated rings. The molecule has 0 radical (unpaired) electrons. The standard InChI is InChI=1S/C23H22N2O5/c1-26-22-19(24-16-5-2-4-15(14-16)23-29-12-13-30-23)9-8-18(25-22)17-6-3-7-20-21(17)28-11-10-27-20/h2-9,14,23-24H,10-13H2,1H3. The van der Waals surface area contributed by atoms with Gasteiger partial charge in [-0.05, 0) is 36.4 Å². The van der Waals surface area contributed by atoms with Gasteiger partial charge >= 0.3 is 0 Å². The fourth-order valence-corrected chi connectivity index (χ4v) is 3.59. The van der Waals surface area contributed by atoms with E-state index in [1.807, 2.05) is 54.6 Å². The van der Waals surface area contributed by atoms with Gasteiger partial charge in [0.1, 0.15) is 18.9 Å². The molecule has 7 heteroatoms. The number of pyridine rings is 1. The molecule has 1 saturated heterocycles. The van der Waals surface area contributed by atoms with Crippen LogP contribution >= 0.6 is 0 Å². The Kier molecular flexibility index (Phi) is 5.13. The predicted molar refractivity (Wildman–Crippen MR) is 112 cm³/mol. The summed E-state index contributed by atoms with van der Waals surface area (Å²) in [5.74, 6) is 1.93. The Balaban J connectivity index is 1.43. The van der Waals surface area contributed by atoms with Crippen molar-refractivity contribution in [2.24, 2.45) is 0 Å². The molecule has 0 aliphatic carbocycles. The highest BCUT2D eigenvalue weighted by atomic mass is 16.7. The van der Waals surface area contributed by atoms with Gasteiger partial charge in [-0.15, -0.1) is 0 Å². The molecule has 7 nitrogen and oxygen atoms in total. The summed E-state index contributed by atoms with van der Waals surface area (Å²) in [6, 6.07) is 17.6. The molecule has 30 heavy (non-hydrogen) atoms. The first kappa shape index (κ1) is 18.7. The summed E-state index contributed by atoms with van der Waals surface area (Å²) < 4.78 is 28.2. The minimum Gasteiger partial charge on any atom is -0.486 e. The number of fused-ring (bicyclic) bond motifs is 1. The average molecular weight is 406 g/mol. The van der Waals surface area contributed by atoms with Gasteiger partial charge in [-0.25, -0.2) is 4.98 Å². The smallest absolute Gasteiger partial charge is 0.238 e. The summed E-state index contributed by atoms with van der Waals surface area (Å²) in [5, 5.41) is 3.37. The number of benzene rings is 2. The van der Waals surface area contributed by atoms with Crippen LogP contribution in [-0.2, 0) is 9.47 Å². The number of hydrogen-bond acceptors (Lipinski definition) is 7. The van der Waals surface area contributed by atoms with E-state index >= 15 is 0 Å². The van der Waals surface area contributed by atoms with Crippen LogP contribution in [0.15, 0.2) is 54.6 Å². The van der Waals surface area contributed by atoms with Crippen LogP contribution in [0.1, 0.15) is 11.9 Å². The molecule has 154 valence electrons. The quantitative estimate of drug-likeness (QED) is 0.677. The van der Waals surface area contributed by atoms with Gasteiger partial charge in [0, 0.05) is 16.8 Å². The molecule has 2 aliphatic rings. The Bertz CT molecular complexity index is 1050. The van der Waals surface area contributed by atoms with E-state index < -0.39 is 0 Å². The van der Waals surface area contributed by atoms with Gasteiger partial charge in [-0.1, -0.05) is 18.2 Å². The van der Waals surface area contributed by atoms with Crippen molar-refractivity contribution in [3.05, 3.63) is 60.2 Å². The number of nitrogens with one attached hydrogen (secondary N) is 1. The second kappa shape index (κ2) is 8.22. The topological polar surface area (TPSA) is 71.1 Å². The molecule has 1 aromatic heterocycles. The average Bonchev–Trinajstić information content (AvgIpc) is 3.34. The zero-order valence-corrected chi connectivity index (χ0v) is 16.6. The molecule has 0 atom stereocenters. The number of ether oxygens (including phenoxy) is 5. The van der Waals surface area contributed by atoms with Crippen molar-refractivity contribution in [2.75, 3.05) is 38.9 Å². The minimum atomic E-state index is -0.319. The maximum Gasteiger partial charge on any atom is 0.238 e. The highest BCUT2D eigenvalue weighted by molar-refractivity contribution is 5.74. The first-order valence-corrected chi connectivity index (χ1v) is 9.86. The van der Waals surface area contributed by atoms with Gasteiger partial charge in [0.15, 0.2) is 17.8 Å². The van der Waals surface area contributed by atoms with Crippen molar-refractivity contribution < 1.29 is 23.7 Å². The van der Waals surface area contributed by atoms with Crippen molar-refractivity contribution in [3.8, 4) is 28.6 Å². The summed E-state index contributed by atoms with van der Waals surface area (Å²) in [5.41, 5.74) is 4.24. The van der Waals surface area contributed by atoms with Gasteiger partial charge in [-0.3, -0.25) is 0 Å². The van der Waals surface area contributed by atoms with Gasteiger partial charge in [-0.2, -0.15) is 0 Å². The zero-order valence-electron chi connectivity index (χ0n) is 16.6. The van der Waals surface area contributed by atoms with Crippen LogP contribution in [0.4, 0.5) is 11.4 Å². The molecule has 3 heterocycles. The first-order valence-electron chi connectivity index (χ1n) is 9.86. The third-order valence-electron chi connectivity index (χ3n) is 4.96. The monoisotopic (exact) mass is 406 g/mol. The second-order valence-electron chi connectivity index (χ2n) is 6.91. The third kappa shape index (κ3) is 3.65. The molecule has 0 saturated carbocycles. The van der Waals surface area contributed by atoms with Gasteiger partial charge in [0.25, 0.3) is 0 Å². The van der Waals surface area contributed by atoms with Gasteiger partial charge < -0.3 is 29.0 Å². The van der Waals surface area contributed by atoms with E-state index in [1.165, 1.54) is 0 Å². The Hall–Kier alpha value is -3.29. The third-order valence-corrected chi connectivity index (χ3v) is 4.96. The van der Waals surface area contributed by atoms with Crippen LogP contribution < -0.4 is 19.5 Å². The molecule has 0 bridgehead atoms. The fraction of sp³-hybridized carbons (Fsp3) is 0.261. The van der Waals surface area contributed by atoms with Crippen molar-refractivity contribution in [1.82, 2.24) is 4.98 Å².